The zero-order chi connectivity index (χ0) is 7.40. The van der Waals surface area contributed by atoms with Gasteiger partial charge in [-0.15, -0.1) is 0 Å². The Balaban J connectivity index is 1.89. The summed E-state index contributed by atoms with van der Waals surface area (Å²) in [6.45, 7) is 2.35. The van der Waals surface area contributed by atoms with Gasteiger partial charge in [-0.3, -0.25) is 4.79 Å². The average molecular weight is 145 g/mol. The van der Waals surface area contributed by atoms with Crippen molar-refractivity contribution in [3.8, 4) is 0 Å². The fraction of sp³-hybridized carbons (Fsp3) is 0.833. The lowest BCUT2D eigenvalue weighted by Gasteiger charge is -2.25. The molecule has 0 saturated carbocycles. The summed E-state index contributed by atoms with van der Waals surface area (Å²) in [5, 5.41) is 11.0. The van der Waals surface area contributed by atoms with E-state index in [0.29, 0.717) is 5.92 Å². The van der Waals surface area contributed by atoms with Crippen LogP contribution in [0.4, 0.5) is 0 Å². The van der Waals surface area contributed by atoms with E-state index in [4.69, 9.17) is 9.84 Å². The maximum Gasteiger partial charge on any atom is 0.317 e. The van der Waals surface area contributed by atoms with E-state index in [1.54, 1.807) is 0 Å². The minimum Gasteiger partial charge on any atom is -0.480 e. The van der Waals surface area contributed by atoms with Crippen LogP contribution in [-0.4, -0.2) is 37.4 Å². The molecule has 0 aromatic carbocycles. The first-order valence-electron chi connectivity index (χ1n) is 3.29. The number of carboxylic acids is 1. The molecular formula is C6H11NO3. The fourth-order valence-corrected chi connectivity index (χ4v) is 0.786. The van der Waals surface area contributed by atoms with Crippen molar-refractivity contribution >= 4 is 5.97 Å². The van der Waals surface area contributed by atoms with Crippen molar-refractivity contribution in [3.63, 3.8) is 0 Å². The van der Waals surface area contributed by atoms with Crippen molar-refractivity contribution in [3.05, 3.63) is 0 Å². The lowest BCUT2D eigenvalue weighted by atomic mass is 10.1. The maximum absolute atomic E-state index is 9.99. The van der Waals surface area contributed by atoms with Crippen molar-refractivity contribution in [1.29, 1.82) is 0 Å². The largest absolute Gasteiger partial charge is 0.480 e. The molecule has 1 saturated heterocycles. The van der Waals surface area contributed by atoms with Gasteiger partial charge in [-0.25, -0.2) is 0 Å². The molecule has 0 amide bonds. The van der Waals surface area contributed by atoms with E-state index >= 15 is 0 Å². The van der Waals surface area contributed by atoms with Crippen LogP contribution in [0.25, 0.3) is 0 Å². The molecule has 0 aromatic rings. The number of rotatable bonds is 4. The zero-order valence-corrected chi connectivity index (χ0v) is 5.67. The van der Waals surface area contributed by atoms with Crippen LogP contribution in [0.1, 0.15) is 0 Å². The van der Waals surface area contributed by atoms with E-state index in [2.05, 4.69) is 5.32 Å². The highest BCUT2D eigenvalue weighted by atomic mass is 16.5. The number of aliphatic carboxylic acids is 1. The average Bonchev–Trinajstić information content (AvgIpc) is 1.75. The molecule has 0 unspecified atom stereocenters. The van der Waals surface area contributed by atoms with Crippen molar-refractivity contribution in [2.24, 2.45) is 5.92 Å². The van der Waals surface area contributed by atoms with Crippen LogP contribution < -0.4 is 5.32 Å². The van der Waals surface area contributed by atoms with Gasteiger partial charge in [0.2, 0.25) is 0 Å². The molecule has 1 fully saturated rings. The Labute approximate surface area is 59.2 Å². The molecule has 0 radical (unpaired) electrons. The van der Waals surface area contributed by atoms with Gasteiger partial charge in [0.05, 0.1) is 19.8 Å². The molecule has 0 spiro atoms. The lowest BCUT2D eigenvalue weighted by Crippen LogP contribution is -2.38. The van der Waals surface area contributed by atoms with Crippen LogP contribution in [-0.2, 0) is 9.53 Å². The van der Waals surface area contributed by atoms with Crippen molar-refractivity contribution in [2.75, 3.05) is 26.3 Å². The van der Waals surface area contributed by atoms with Gasteiger partial charge < -0.3 is 15.2 Å². The number of carboxylic acid groups (broad SMARTS) is 1. The van der Waals surface area contributed by atoms with Gasteiger partial charge in [0.1, 0.15) is 0 Å². The Bertz CT molecular complexity index is 122. The topological polar surface area (TPSA) is 58.6 Å². The van der Waals surface area contributed by atoms with E-state index < -0.39 is 5.97 Å². The van der Waals surface area contributed by atoms with E-state index in [9.17, 15) is 4.79 Å². The SMILES string of the molecule is O=C(O)CNCC1COC1. The van der Waals surface area contributed by atoms with Crippen molar-refractivity contribution in [1.82, 2.24) is 5.32 Å². The van der Waals surface area contributed by atoms with Gasteiger partial charge >= 0.3 is 5.97 Å². The van der Waals surface area contributed by atoms with E-state index in [0.717, 1.165) is 19.8 Å². The molecule has 1 aliphatic heterocycles. The Kier molecular flexibility index (Phi) is 2.65. The van der Waals surface area contributed by atoms with Gasteiger partial charge in [0.15, 0.2) is 0 Å². The second kappa shape index (κ2) is 3.53. The highest BCUT2D eigenvalue weighted by molar-refractivity contribution is 5.68. The first kappa shape index (κ1) is 7.50. The lowest BCUT2D eigenvalue weighted by molar-refractivity contribution is -0.136. The highest BCUT2D eigenvalue weighted by Gasteiger charge is 2.17. The highest BCUT2D eigenvalue weighted by Crippen LogP contribution is 2.06. The predicted molar refractivity (Wildman–Crippen MR) is 34.8 cm³/mol. The Morgan fingerprint density at radius 2 is 2.40 bits per heavy atom. The number of ether oxygens (including phenoxy) is 1. The molecule has 4 nitrogen and oxygen atoms in total. The quantitative estimate of drug-likeness (QED) is 0.549. The van der Waals surface area contributed by atoms with Crippen LogP contribution in [0.15, 0.2) is 0 Å². The molecule has 0 bridgehead atoms. The number of nitrogens with one attached hydrogen (secondary N) is 1. The molecule has 1 rings (SSSR count). The smallest absolute Gasteiger partial charge is 0.317 e. The van der Waals surface area contributed by atoms with Crippen LogP contribution in [0.3, 0.4) is 0 Å². The summed E-state index contributed by atoms with van der Waals surface area (Å²) in [5.74, 6) is -0.278. The van der Waals surface area contributed by atoms with E-state index in [1.165, 1.54) is 0 Å². The number of hydrogen-bond donors (Lipinski definition) is 2. The molecular weight excluding hydrogens is 134 g/mol. The van der Waals surface area contributed by atoms with Crippen LogP contribution >= 0.6 is 0 Å². The van der Waals surface area contributed by atoms with Gasteiger partial charge in [-0.1, -0.05) is 0 Å². The normalized spacial score (nSPS) is 18.4. The summed E-state index contributed by atoms with van der Waals surface area (Å²) >= 11 is 0. The third-order valence-corrected chi connectivity index (χ3v) is 1.42. The summed E-state index contributed by atoms with van der Waals surface area (Å²) in [6, 6.07) is 0. The molecule has 1 aliphatic rings. The van der Waals surface area contributed by atoms with Crippen LogP contribution in [0.2, 0.25) is 0 Å². The Morgan fingerprint density at radius 1 is 1.70 bits per heavy atom. The Hall–Kier alpha value is -0.610. The first-order chi connectivity index (χ1) is 4.79. The van der Waals surface area contributed by atoms with Gasteiger partial charge in [0.25, 0.3) is 0 Å². The minimum atomic E-state index is -0.805. The molecule has 2 N–H and O–H groups in total. The molecule has 58 valence electrons. The zero-order valence-electron chi connectivity index (χ0n) is 5.67. The van der Waals surface area contributed by atoms with Crippen molar-refractivity contribution < 1.29 is 14.6 Å². The van der Waals surface area contributed by atoms with Gasteiger partial charge in [0, 0.05) is 12.5 Å². The standard InChI is InChI=1S/C6H11NO3/c8-6(9)2-7-1-5-3-10-4-5/h5,7H,1-4H2,(H,8,9). The van der Waals surface area contributed by atoms with E-state index in [1.807, 2.05) is 0 Å². The molecule has 10 heavy (non-hydrogen) atoms. The summed E-state index contributed by atoms with van der Waals surface area (Å²) in [6.07, 6.45) is 0. The summed E-state index contributed by atoms with van der Waals surface area (Å²) in [4.78, 5) is 9.99. The molecule has 1 heterocycles. The van der Waals surface area contributed by atoms with Crippen molar-refractivity contribution in [2.45, 2.75) is 0 Å². The van der Waals surface area contributed by atoms with Gasteiger partial charge in [-0.05, 0) is 0 Å². The maximum atomic E-state index is 9.99. The number of hydrogen-bond acceptors (Lipinski definition) is 3. The second-order valence-corrected chi connectivity index (χ2v) is 2.43. The monoisotopic (exact) mass is 145 g/mol. The number of carbonyl (C=O) groups is 1. The summed E-state index contributed by atoms with van der Waals surface area (Å²) in [7, 11) is 0. The third kappa shape index (κ3) is 2.33. The third-order valence-electron chi connectivity index (χ3n) is 1.42. The van der Waals surface area contributed by atoms with Gasteiger partial charge in [-0.2, -0.15) is 0 Å². The molecule has 0 atom stereocenters. The van der Waals surface area contributed by atoms with Crippen LogP contribution in [0, 0.1) is 5.92 Å². The summed E-state index contributed by atoms with van der Waals surface area (Å²) < 4.78 is 4.90. The second-order valence-electron chi connectivity index (χ2n) is 2.43. The molecule has 4 heteroatoms. The Morgan fingerprint density at radius 3 is 2.80 bits per heavy atom. The predicted octanol–water partition coefficient (Wildman–Crippen LogP) is -0.693. The minimum absolute atomic E-state index is 0.0521. The summed E-state index contributed by atoms with van der Waals surface area (Å²) in [5.41, 5.74) is 0. The first-order valence-corrected chi connectivity index (χ1v) is 3.29. The van der Waals surface area contributed by atoms with E-state index in [-0.39, 0.29) is 6.54 Å². The van der Waals surface area contributed by atoms with Crippen LogP contribution in [0.5, 0.6) is 0 Å². The fourth-order valence-electron chi connectivity index (χ4n) is 0.786. The molecule has 0 aromatic heterocycles. The molecule has 0 aliphatic carbocycles.